The van der Waals surface area contributed by atoms with E-state index in [0.717, 1.165) is 29.0 Å². The average molecular weight is 398 g/mol. The molecule has 30 heavy (non-hydrogen) atoms. The third-order valence-electron chi connectivity index (χ3n) is 5.52. The molecule has 3 aromatic rings. The number of rotatable bonds is 3. The molecule has 3 heterocycles. The predicted octanol–water partition coefficient (Wildman–Crippen LogP) is 4.67. The molecule has 0 spiro atoms. The maximum Gasteiger partial charge on any atom is 0.232 e. The Balaban J connectivity index is 1.46. The summed E-state index contributed by atoms with van der Waals surface area (Å²) in [5.74, 6) is 1.68. The minimum Gasteiger partial charge on any atom is -0.478 e. The number of Topliss-reactive ketones (excluding diaryl/α,β-unsaturated/α-hetero) is 1. The first kappa shape index (κ1) is 18.6. The van der Waals surface area contributed by atoms with Gasteiger partial charge in [-0.1, -0.05) is 29.8 Å². The van der Waals surface area contributed by atoms with Gasteiger partial charge in [0.1, 0.15) is 18.2 Å². The first-order chi connectivity index (χ1) is 14.6. The lowest BCUT2D eigenvalue weighted by Crippen LogP contribution is -2.31. The molecular weight excluding hydrogens is 376 g/mol. The Morgan fingerprint density at radius 1 is 1.10 bits per heavy atom. The smallest absolute Gasteiger partial charge is 0.232 e. The fourth-order valence-corrected chi connectivity index (χ4v) is 3.94. The van der Waals surface area contributed by atoms with Gasteiger partial charge in [-0.25, -0.2) is 0 Å². The standard InChI is InChI=1S/C25H22N2O3/c1-16-3-5-19(6-4-16)13-27-14-20-21(29-15-27)11-17(2)23-24(28)22(30-25(20)23)12-18-7-9-26-10-8-18/h3-12H,13-15H2,1-2H3/b22-12-. The van der Waals surface area contributed by atoms with Gasteiger partial charge in [0.25, 0.3) is 0 Å². The number of ether oxygens (including phenoxy) is 2. The first-order valence-electron chi connectivity index (χ1n) is 10.00. The Labute approximate surface area is 175 Å². The van der Waals surface area contributed by atoms with E-state index in [-0.39, 0.29) is 5.78 Å². The third-order valence-corrected chi connectivity index (χ3v) is 5.52. The second-order valence-electron chi connectivity index (χ2n) is 7.84. The van der Waals surface area contributed by atoms with Crippen molar-refractivity contribution in [1.29, 1.82) is 0 Å². The van der Waals surface area contributed by atoms with Crippen molar-refractivity contribution in [3.63, 3.8) is 0 Å². The van der Waals surface area contributed by atoms with Crippen LogP contribution in [-0.4, -0.2) is 22.4 Å². The molecule has 0 saturated heterocycles. The molecule has 0 radical (unpaired) electrons. The molecule has 0 fully saturated rings. The quantitative estimate of drug-likeness (QED) is 0.600. The van der Waals surface area contributed by atoms with Gasteiger partial charge in [0.15, 0.2) is 5.76 Å². The van der Waals surface area contributed by atoms with Crippen molar-refractivity contribution < 1.29 is 14.3 Å². The van der Waals surface area contributed by atoms with Crippen LogP contribution in [0.3, 0.4) is 0 Å². The van der Waals surface area contributed by atoms with E-state index in [2.05, 4.69) is 41.1 Å². The average Bonchev–Trinajstić information content (AvgIpc) is 3.08. The molecule has 0 aliphatic carbocycles. The number of pyridine rings is 1. The lowest BCUT2D eigenvalue weighted by atomic mass is 9.98. The van der Waals surface area contributed by atoms with Crippen LogP contribution in [0.4, 0.5) is 0 Å². The Morgan fingerprint density at radius 3 is 2.63 bits per heavy atom. The summed E-state index contributed by atoms with van der Waals surface area (Å²) in [5, 5.41) is 0. The summed E-state index contributed by atoms with van der Waals surface area (Å²) in [4.78, 5) is 19.3. The molecule has 0 unspecified atom stereocenters. The SMILES string of the molecule is Cc1ccc(CN2COc3cc(C)c4c(c3C2)O/C(=C\c2ccncc2)C4=O)cc1. The second kappa shape index (κ2) is 7.43. The van der Waals surface area contributed by atoms with Crippen molar-refractivity contribution >= 4 is 11.9 Å². The van der Waals surface area contributed by atoms with Gasteiger partial charge < -0.3 is 9.47 Å². The highest BCUT2D eigenvalue weighted by Gasteiger charge is 2.35. The van der Waals surface area contributed by atoms with Crippen LogP contribution in [0.15, 0.2) is 60.6 Å². The van der Waals surface area contributed by atoms with Crippen molar-refractivity contribution in [3.05, 3.63) is 94.0 Å². The summed E-state index contributed by atoms with van der Waals surface area (Å²) < 4.78 is 12.1. The number of ketones is 1. The number of aryl methyl sites for hydroxylation is 2. The first-order valence-corrected chi connectivity index (χ1v) is 10.00. The molecule has 2 aliphatic heterocycles. The Hall–Kier alpha value is -3.44. The molecule has 5 rings (SSSR count). The van der Waals surface area contributed by atoms with E-state index in [9.17, 15) is 4.79 Å². The number of allylic oxidation sites excluding steroid dienone is 1. The van der Waals surface area contributed by atoms with Crippen LogP contribution >= 0.6 is 0 Å². The summed E-state index contributed by atoms with van der Waals surface area (Å²) >= 11 is 0. The van der Waals surface area contributed by atoms with Gasteiger partial charge in [-0.15, -0.1) is 0 Å². The van der Waals surface area contributed by atoms with Crippen LogP contribution in [0.2, 0.25) is 0 Å². The van der Waals surface area contributed by atoms with Gasteiger partial charge in [0, 0.05) is 25.5 Å². The topological polar surface area (TPSA) is 51.7 Å². The number of hydrogen-bond acceptors (Lipinski definition) is 5. The molecule has 1 aromatic heterocycles. The van der Waals surface area contributed by atoms with Gasteiger partial charge in [-0.2, -0.15) is 0 Å². The molecule has 0 saturated carbocycles. The second-order valence-corrected chi connectivity index (χ2v) is 7.84. The van der Waals surface area contributed by atoms with E-state index in [0.29, 0.717) is 30.3 Å². The fourth-order valence-electron chi connectivity index (χ4n) is 3.94. The fraction of sp³-hybridized carbons (Fsp3) is 0.200. The Morgan fingerprint density at radius 2 is 1.87 bits per heavy atom. The van der Waals surface area contributed by atoms with Gasteiger partial charge in [-0.3, -0.25) is 14.7 Å². The minimum atomic E-state index is -0.0854. The zero-order valence-electron chi connectivity index (χ0n) is 17.0. The molecule has 0 amide bonds. The van der Waals surface area contributed by atoms with Crippen LogP contribution in [0.5, 0.6) is 11.5 Å². The van der Waals surface area contributed by atoms with Crippen molar-refractivity contribution in [1.82, 2.24) is 9.88 Å². The molecule has 150 valence electrons. The number of benzene rings is 2. The lowest BCUT2D eigenvalue weighted by Gasteiger charge is -2.30. The van der Waals surface area contributed by atoms with E-state index in [1.807, 2.05) is 25.1 Å². The summed E-state index contributed by atoms with van der Waals surface area (Å²) in [6.45, 7) is 5.96. The van der Waals surface area contributed by atoms with E-state index >= 15 is 0 Å². The summed E-state index contributed by atoms with van der Waals surface area (Å²) in [7, 11) is 0. The molecule has 0 atom stereocenters. The lowest BCUT2D eigenvalue weighted by molar-refractivity contribution is 0.0872. The number of hydrogen-bond donors (Lipinski definition) is 0. The molecule has 0 bridgehead atoms. The predicted molar refractivity (Wildman–Crippen MR) is 114 cm³/mol. The van der Waals surface area contributed by atoms with Gasteiger partial charge in [-0.05, 0) is 54.8 Å². The van der Waals surface area contributed by atoms with Crippen molar-refractivity contribution in [2.45, 2.75) is 26.9 Å². The third kappa shape index (κ3) is 3.37. The maximum absolute atomic E-state index is 13.0. The molecule has 0 N–H and O–H groups in total. The molecule has 2 aromatic carbocycles. The zero-order chi connectivity index (χ0) is 20.7. The van der Waals surface area contributed by atoms with Crippen LogP contribution in [0.1, 0.15) is 38.2 Å². The van der Waals surface area contributed by atoms with Gasteiger partial charge >= 0.3 is 0 Å². The highest BCUT2D eigenvalue weighted by atomic mass is 16.5. The van der Waals surface area contributed by atoms with E-state index in [1.54, 1.807) is 18.5 Å². The van der Waals surface area contributed by atoms with Crippen LogP contribution in [0, 0.1) is 13.8 Å². The largest absolute Gasteiger partial charge is 0.478 e. The normalized spacial score (nSPS) is 16.7. The number of carbonyl (C=O) groups is 1. The van der Waals surface area contributed by atoms with E-state index < -0.39 is 0 Å². The minimum absolute atomic E-state index is 0.0854. The van der Waals surface area contributed by atoms with Gasteiger partial charge in [0.2, 0.25) is 5.78 Å². The van der Waals surface area contributed by atoms with Crippen LogP contribution in [0.25, 0.3) is 6.08 Å². The zero-order valence-corrected chi connectivity index (χ0v) is 17.0. The number of fused-ring (bicyclic) bond motifs is 3. The van der Waals surface area contributed by atoms with Crippen molar-refractivity contribution in [3.8, 4) is 11.5 Å². The van der Waals surface area contributed by atoms with E-state index in [1.165, 1.54) is 11.1 Å². The van der Waals surface area contributed by atoms with Crippen LogP contribution < -0.4 is 9.47 Å². The monoisotopic (exact) mass is 398 g/mol. The summed E-state index contributed by atoms with van der Waals surface area (Å²) in [6.07, 6.45) is 5.16. The molecular formula is C25H22N2O3. The van der Waals surface area contributed by atoms with Crippen molar-refractivity contribution in [2.24, 2.45) is 0 Å². The maximum atomic E-state index is 13.0. The Bertz CT molecular complexity index is 1150. The molecule has 5 nitrogen and oxygen atoms in total. The highest BCUT2D eigenvalue weighted by Crippen LogP contribution is 2.44. The molecule has 2 aliphatic rings. The van der Waals surface area contributed by atoms with E-state index in [4.69, 9.17) is 9.47 Å². The van der Waals surface area contributed by atoms with Crippen molar-refractivity contribution in [2.75, 3.05) is 6.73 Å². The Kier molecular flexibility index (Phi) is 4.60. The summed E-state index contributed by atoms with van der Waals surface area (Å²) in [6, 6.07) is 14.2. The number of aromatic nitrogens is 1. The highest BCUT2D eigenvalue weighted by molar-refractivity contribution is 6.15. The van der Waals surface area contributed by atoms with Gasteiger partial charge in [0.05, 0.1) is 11.1 Å². The summed E-state index contributed by atoms with van der Waals surface area (Å²) in [5.41, 5.74) is 5.79. The molecule has 5 heteroatoms. The van der Waals surface area contributed by atoms with Crippen LogP contribution in [-0.2, 0) is 13.1 Å². The number of nitrogens with zero attached hydrogens (tertiary/aromatic N) is 2. The number of carbonyl (C=O) groups excluding carboxylic acids is 1.